The van der Waals surface area contributed by atoms with E-state index in [1.807, 2.05) is 18.2 Å². The highest BCUT2D eigenvalue weighted by Crippen LogP contribution is 2.19. The topological polar surface area (TPSA) is 65.2 Å². The monoisotopic (exact) mass is 313 g/mol. The fourth-order valence-electron chi connectivity index (χ4n) is 2.64. The zero-order valence-electron chi connectivity index (χ0n) is 13.6. The Hall–Kier alpha value is -2.40. The van der Waals surface area contributed by atoms with E-state index in [-0.39, 0.29) is 17.5 Å². The van der Waals surface area contributed by atoms with Gasteiger partial charge in [-0.3, -0.25) is 14.5 Å². The van der Waals surface area contributed by atoms with E-state index in [0.717, 1.165) is 13.1 Å². The molecule has 0 saturated carbocycles. The van der Waals surface area contributed by atoms with Crippen molar-refractivity contribution >= 4 is 5.91 Å². The molecule has 1 amide bonds. The van der Waals surface area contributed by atoms with E-state index in [2.05, 4.69) is 41.2 Å². The van der Waals surface area contributed by atoms with Gasteiger partial charge in [0.2, 0.25) is 5.56 Å². The Morgan fingerprint density at radius 3 is 2.39 bits per heavy atom. The number of nitrogens with zero attached hydrogens (tertiary/aromatic N) is 1. The number of hydrogen-bond donors (Lipinski definition) is 2. The normalized spacial score (nSPS) is 12.1. The average Bonchev–Trinajstić information content (AvgIpc) is 2.59. The number of aromatic amines is 1. The SMILES string of the molecule is CCN(CC)C(CNC(=O)c1ccc(=O)[nH]c1)c1ccccc1. The molecule has 5 nitrogen and oxygen atoms in total. The molecule has 1 aromatic heterocycles. The van der Waals surface area contributed by atoms with E-state index in [4.69, 9.17) is 0 Å². The maximum atomic E-state index is 12.2. The summed E-state index contributed by atoms with van der Waals surface area (Å²) in [6.07, 6.45) is 1.44. The molecule has 1 unspecified atom stereocenters. The quantitative estimate of drug-likeness (QED) is 0.823. The van der Waals surface area contributed by atoms with Gasteiger partial charge < -0.3 is 10.3 Å². The van der Waals surface area contributed by atoms with Crippen molar-refractivity contribution in [2.75, 3.05) is 19.6 Å². The number of carbonyl (C=O) groups is 1. The molecule has 0 aliphatic carbocycles. The fraction of sp³-hybridized carbons (Fsp3) is 0.333. The van der Waals surface area contributed by atoms with Gasteiger partial charge in [-0.2, -0.15) is 0 Å². The van der Waals surface area contributed by atoms with Crippen LogP contribution in [0.4, 0.5) is 0 Å². The Morgan fingerprint density at radius 1 is 1.13 bits per heavy atom. The molecule has 0 spiro atoms. The maximum Gasteiger partial charge on any atom is 0.252 e. The third-order valence-corrected chi connectivity index (χ3v) is 3.94. The van der Waals surface area contributed by atoms with Crippen molar-refractivity contribution in [1.82, 2.24) is 15.2 Å². The van der Waals surface area contributed by atoms with Crippen molar-refractivity contribution in [1.29, 1.82) is 0 Å². The number of rotatable bonds is 7. The van der Waals surface area contributed by atoms with Crippen LogP contribution in [0, 0.1) is 0 Å². The molecular weight excluding hydrogens is 290 g/mol. The first-order valence-electron chi connectivity index (χ1n) is 7.91. The number of carbonyl (C=O) groups excluding carboxylic acids is 1. The van der Waals surface area contributed by atoms with Gasteiger partial charge in [0, 0.05) is 18.8 Å². The molecule has 1 heterocycles. The summed E-state index contributed by atoms with van der Waals surface area (Å²) in [5, 5.41) is 2.96. The molecule has 0 radical (unpaired) electrons. The highest BCUT2D eigenvalue weighted by Gasteiger charge is 2.18. The van der Waals surface area contributed by atoms with Crippen LogP contribution >= 0.6 is 0 Å². The summed E-state index contributed by atoms with van der Waals surface area (Å²) in [5.74, 6) is -0.186. The summed E-state index contributed by atoms with van der Waals surface area (Å²) in [6.45, 7) is 6.56. The van der Waals surface area contributed by atoms with Crippen molar-refractivity contribution in [3.8, 4) is 0 Å². The second kappa shape index (κ2) is 8.29. The first-order chi connectivity index (χ1) is 11.2. The summed E-state index contributed by atoms with van der Waals surface area (Å²) in [5.41, 5.74) is 1.42. The third kappa shape index (κ3) is 4.53. The summed E-state index contributed by atoms with van der Waals surface area (Å²) in [4.78, 5) is 28.1. The lowest BCUT2D eigenvalue weighted by molar-refractivity contribution is 0.0934. The van der Waals surface area contributed by atoms with Crippen molar-refractivity contribution in [3.63, 3.8) is 0 Å². The molecule has 2 aromatic rings. The van der Waals surface area contributed by atoms with Gasteiger partial charge in [0.05, 0.1) is 11.6 Å². The molecule has 5 heteroatoms. The largest absolute Gasteiger partial charge is 0.350 e. The van der Waals surface area contributed by atoms with Gasteiger partial charge in [0.25, 0.3) is 5.91 Å². The van der Waals surface area contributed by atoms with Crippen LogP contribution in [-0.4, -0.2) is 35.4 Å². The summed E-state index contributed by atoms with van der Waals surface area (Å²) in [7, 11) is 0. The first kappa shape index (κ1) is 17.0. The van der Waals surface area contributed by atoms with Crippen molar-refractivity contribution in [2.45, 2.75) is 19.9 Å². The highest BCUT2D eigenvalue weighted by molar-refractivity contribution is 5.93. The first-order valence-corrected chi connectivity index (χ1v) is 7.91. The molecule has 0 aliphatic rings. The molecule has 1 atom stereocenters. The Bertz CT molecular complexity index is 658. The number of amides is 1. The van der Waals surface area contributed by atoms with Crippen LogP contribution in [-0.2, 0) is 0 Å². The number of pyridine rings is 1. The Labute approximate surface area is 136 Å². The van der Waals surface area contributed by atoms with Crippen LogP contribution in [0.3, 0.4) is 0 Å². The lowest BCUT2D eigenvalue weighted by atomic mass is 10.0. The van der Waals surface area contributed by atoms with Crippen LogP contribution in [0.2, 0.25) is 0 Å². The lowest BCUT2D eigenvalue weighted by Crippen LogP contribution is -2.38. The van der Waals surface area contributed by atoms with Gasteiger partial charge in [-0.1, -0.05) is 44.2 Å². The second-order valence-corrected chi connectivity index (χ2v) is 5.30. The molecule has 0 saturated heterocycles. The van der Waals surface area contributed by atoms with Gasteiger partial charge in [0.15, 0.2) is 0 Å². The van der Waals surface area contributed by atoms with Gasteiger partial charge in [-0.15, -0.1) is 0 Å². The number of hydrogen-bond acceptors (Lipinski definition) is 3. The second-order valence-electron chi connectivity index (χ2n) is 5.30. The molecule has 2 N–H and O–H groups in total. The standard InChI is InChI=1S/C18H23N3O2/c1-3-21(4-2)16(14-8-6-5-7-9-14)13-20-18(23)15-10-11-17(22)19-12-15/h5-12,16H,3-4,13H2,1-2H3,(H,19,22)(H,20,23). The molecule has 0 bridgehead atoms. The van der Waals surface area contributed by atoms with Gasteiger partial charge >= 0.3 is 0 Å². The summed E-state index contributed by atoms with van der Waals surface area (Å²) >= 11 is 0. The van der Waals surface area contributed by atoms with E-state index in [0.29, 0.717) is 12.1 Å². The van der Waals surface area contributed by atoms with Gasteiger partial charge in [-0.25, -0.2) is 0 Å². The molecule has 0 aliphatic heterocycles. The summed E-state index contributed by atoms with van der Waals surface area (Å²) in [6, 6.07) is 13.2. The molecule has 0 fully saturated rings. The average molecular weight is 313 g/mol. The number of H-pyrrole nitrogens is 1. The Kier molecular flexibility index (Phi) is 6.11. The predicted molar refractivity (Wildman–Crippen MR) is 91.5 cm³/mol. The fourth-order valence-corrected chi connectivity index (χ4v) is 2.64. The van der Waals surface area contributed by atoms with E-state index in [9.17, 15) is 9.59 Å². The predicted octanol–water partition coefficient (Wildman–Crippen LogP) is 2.19. The molecule has 23 heavy (non-hydrogen) atoms. The molecule has 1 aromatic carbocycles. The van der Waals surface area contributed by atoms with E-state index < -0.39 is 0 Å². The smallest absolute Gasteiger partial charge is 0.252 e. The van der Waals surface area contributed by atoms with Crippen LogP contribution < -0.4 is 10.9 Å². The molecule has 2 rings (SSSR count). The van der Waals surface area contributed by atoms with Crippen LogP contribution in [0.5, 0.6) is 0 Å². The maximum absolute atomic E-state index is 12.2. The van der Waals surface area contributed by atoms with Crippen molar-refractivity contribution in [3.05, 3.63) is 70.1 Å². The van der Waals surface area contributed by atoms with E-state index >= 15 is 0 Å². The van der Waals surface area contributed by atoms with Gasteiger partial charge in [0.1, 0.15) is 0 Å². The minimum atomic E-state index is -0.216. The summed E-state index contributed by atoms with van der Waals surface area (Å²) < 4.78 is 0. The lowest BCUT2D eigenvalue weighted by Gasteiger charge is -2.30. The highest BCUT2D eigenvalue weighted by atomic mass is 16.1. The van der Waals surface area contributed by atoms with E-state index in [1.54, 1.807) is 0 Å². The number of aromatic nitrogens is 1. The number of likely N-dealkylation sites (N-methyl/N-ethyl adjacent to an activating group) is 1. The third-order valence-electron chi connectivity index (χ3n) is 3.94. The van der Waals surface area contributed by atoms with Crippen molar-refractivity contribution < 1.29 is 4.79 Å². The van der Waals surface area contributed by atoms with Crippen LogP contribution in [0.1, 0.15) is 35.8 Å². The van der Waals surface area contributed by atoms with E-state index in [1.165, 1.54) is 23.9 Å². The van der Waals surface area contributed by atoms with Gasteiger partial charge in [-0.05, 0) is 24.7 Å². The Balaban J connectivity index is 2.10. The van der Waals surface area contributed by atoms with Crippen LogP contribution in [0.15, 0.2) is 53.5 Å². The molecular formula is C18H23N3O2. The minimum Gasteiger partial charge on any atom is -0.350 e. The zero-order chi connectivity index (χ0) is 16.7. The molecule has 122 valence electrons. The Morgan fingerprint density at radius 2 is 1.83 bits per heavy atom. The number of nitrogens with one attached hydrogen (secondary N) is 2. The van der Waals surface area contributed by atoms with Crippen molar-refractivity contribution in [2.24, 2.45) is 0 Å². The zero-order valence-corrected chi connectivity index (χ0v) is 13.6. The number of benzene rings is 1. The van der Waals surface area contributed by atoms with Crippen LogP contribution in [0.25, 0.3) is 0 Å². The minimum absolute atomic E-state index is 0.123.